The quantitative estimate of drug-likeness (QED) is 0.811. The molecule has 0 bridgehead atoms. The second-order valence-electron chi connectivity index (χ2n) is 5.28. The van der Waals surface area contributed by atoms with Gasteiger partial charge in [-0.2, -0.15) is 5.10 Å². The maximum Gasteiger partial charge on any atom is 0.246 e. The molecule has 0 fully saturated rings. The van der Waals surface area contributed by atoms with E-state index in [1.165, 1.54) is 6.33 Å². The van der Waals surface area contributed by atoms with Gasteiger partial charge in [0, 0.05) is 13.1 Å². The summed E-state index contributed by atoms with van der Waals surface area (Å²) in [5.41, 5.74) is 3.03. The van der Waals surface area contributed by atoms with Gasteiger partial charge in [0.1, 0.15) is 12.7 Å². The van der Waals surface area contributed by atoms with Crippen LogP contribution in [0.4, 0.5) is 0 Å². The first kappa shape index (κ1) is 15.0. The third-order valence-corrected chi connectivity index (χ3v) is 3.40. The van der Waals surface area contributed by atoms with Crippen molar-refractivity contribution in [2.24, 2.45) is 0 Å². The lowest BCUT2D eigenvalue weighted by Crippen LogP contribution is -2.28. The fraction of sp³-hybridized carbons (Fsp3) is 0.312. The molecule has 1 aromatic carbocycles. The van der Waals surface area contributed by atoms with Crippen molar-refractivity contribution in [3.63, 3.8) is 0 Å². The highest BCUT2D eigenvalue weighted by atomic mass is 16.2. The Balaban J connectivity index is 2.14. The molecule has 0 saturated carbocycles. The molecule has 0 radical (unpaired) electrons. The van der Waals surface area contributed by atoms with Gasteiger partial charge in [-0.05, 0) is 38.5 Å². The number of likely N-dealkylation sites (N-methyl/N-ethyl adjacent to an activating group) is 1. The average molecular weight is 284 g/mol. The summed E-state index contributed by atoms with van der Waals surface area (Å²) in [5.74, 6) is 0.0165. The van der Waals surface area contributed by atoms with Crippen LogP contribution in [-0.2, 0) is 4.79 Å². The van der Waals surface area contributed by atoms with Gasteiger partial charge in [0.05, 0.1) is 11.7 Å². The molecule has 1 atom stereocenters. The number of benzene rings is 1. The molecule has 2 aromatic rings. The van der Waals surface area contributed by atoms with E-state index in [2.05, 4.69) is 10.1 Å². The SMILES string of the molecule is CC(C)=CC(=O)N(C)[C@@H](C)c1ccc(-n2cncn2)cc1. The smallest absolute Gasteiger partial charge is 0.246 e. The number of amides is 1. The van der Waals surface area contributed by atoms with Crippen LogP contribution >= 0.6 is 0 Å². The van der Waals surface area contributed by atoms with Gasteiger partial charge in [-0.15, -0.1) is 0 Å². The van der Waals surface area contributed by atoms with E-state index in [0.29, 0.717) is 0 Å². The van der Waals surface area contributed by atoms with Crippen molar-refractivity contribution in [2.75, 3.05) is 7.05 Å². The Morgan fingerprint density at radius 2 is 1.95 bits per heavy atom. The first-order chi connectivity index (χ1) is 9.99. The van der Waals surface area contributed by atoms with Crippen LogP contribution in [0, 0.1) is 0 Å². The minimum atomic E-state index is 0.0119. The molecule has 1 heterocycles. The second-order valence-corrected chi connectivity index (χ2v) is 5.28. The molecule has 0 spiro atoms. The highest BCUT2D eigenvalue weighted by Crippen LogP contribution is 2.20. The summed E-state index contributed by atoms with van der Waals surface area (Å²) in [6.07, 6.45) is 4.81. The van der Waals surface area contributed by atoms with Crippen LogP contribution < -0.4 is 0 Å². The van der Waals surface area contributed by atoms with E-state index in [4.69, 9.17) is 0 Å². The van der Waals surface area contributed by atoms with E-state index in [9.17, 15) is 4.79 Å². The standard InChI is InChI=1S/C16H20N4O/c1-12(2)9-16(21)19(4)13(3)14-5-7-15(8-6-14)20-11-17-10-18-20/h5-11,13H,1-4H3/t13-/m0/s1. The van der Waals surface area contributed by atoms with Gasteiger partial charge in [0.15, 0.2) is 0 Å². The lowest BCUT2D eigenvalue weighted by atomic mass is 10.1. The lowest BCUT2D eigenvalue weighted by Gasteiger charge is -2.24. The molecule has 0 saturated heterocycles. The van der Waals surface area contributed by atoms with Crippen LogP contribution in [0.15, 0.2) is 48.6 Å². The number of rotatable bonds is 4. The van der Waals surface area contributed by atoms with Gasteiger partial charge >= 0.3 is 0 Å². The predicted octanol–water partition coefficient (Wildman–Crippen LogP) is 2.75. The van der Waals surface area contributed by atoms with Crippen LogP contribution in [0.25, 0.3) is 5.69 Å². The maximum absolute atomic E-state index is 12.0. The molecule has 0 unspecified atom stereocenters. The van der Waals surface area contributed by atoms with Crippen LogP contribution in [-0.4, -0.2) is 32.6 Å². The van der Waals surface area contributed by atoms with E-state index < -0.39 is 0 Å². The molecule has 1 aromatic heterocycles. The third kappa shape index (κ3) is 3.56. The van der Waals surface area contributed by atoms with E-state index in [-0.39, 0.29) is 11.9 Å². The van der Waals surface area contributed by atoms with Crippen molar-refractivity contribution in [1.82, 2.24) is 19.7 Å². The number of hydrogen-bond acceptors (Lipinski definition) is 3. The van der Waals surface area contributed by atoms with Crippen molar-refractivity contribution >= 4 is 5.91 Å². The molecule has 110 valence electrons. The zero-order valence-electron chi connectivity index (χ0n) is 12.8. The summed E-state index contributed by atoms with van der Waals surface area (Å²) in [5, 5.41) is 4.09. The summed E-state index contributed by atoms with van der Waals surface area (Å²) >= 11 is 0. The highest BCUT2D eigenvalue weighted by Gasteiger charge is 2.15. The predicted molar refractivity (Wildman–Crippen MR) is 82.0 cm³/mol. The van der Waals surface area contributed by atoms with Crippen LogP contribution in [0.1, 0.15) is 32.4 Å². The van der Waals surface area contributed by atoms with Crippen molar-refractivity contribution < 1.29 is 4.79 Å². The molecule has 2 rings (SSSR count). The minimum absolute atomic E-state index is 0.0119. The number of allylic oxidation sites excluding steroid dienone is 1. The number of aromatic nitrogens is 3. The second kappa shape index (κ2) is 6.35. The number of nitrogens with zero attached hydrogens (tertiary/aromatic N) is 4. The number of carbonyl (C=O) groups excluding carboxylic acids is 1. The molecular weight excluding hydrogens is 264 g/mol. The molecule has 5 heteroatoms. The van der Waals surface area contributed by atoms with Gasteiger partial charge in [-0.1, -0.05) is 17.7 Å². The summed E-state index contributed by atoms with van der Waals surface area (Å²) in [4.78, 5) is 17.7. The van der Waals surface area contributed by atoms with Crippen molar-refractivity contribution in [2.45, 2.75) is 26.8 Å². The van der Waals surface area contributed by atoms with Crippen molar-refractivity contribution in [3.05, 3.63) is 54.1 Å². The highest BCUT2D eigenvalue weighted by molar-refractivity contribution is 5.88. The summed E-state index contributed by atoms with van der Waals surface area (Å²) in [6.45, 7) is 5.86. The van der Waals surface area contributed by atoms with Crippen LogP contribution in [0.3, 0.4) is 0 Å². The minimum Gasteiger partial charge on any atom is -0.335 e. The number of carbonyl (C=O) groups is 1. The Hall–Kier alpha value is -2.43. The Bertz CT molecular complexity index is 625. The van der Waals surface area contributed by atoms with Gasteiger partial charge < -0.3 is 4.90 Å². The molecular formula is C16H20N4O. The monoisotopic (exact) mass is 284 g/mol. The molecule has 0 N–H and O–H groups in total. The summed E-state index contributed by atoms with van der Waals surface area (Å²) in [7, 11) is 1.82. The van der Waals surface area contributed by atoms with Gasteiger partial charge in [-0.3, -0.25) is 4.79 Å². The molecule has 21 heavy (non-hydrogen) atoms. The Kier molecular flexibility index (Phi) is 4.52. The topological polar surface area (TPSA) is 51.0 Å². The Labute approximate surface area is 124 Å². The lowest BCUT2D eigenvalue weighted by molar-refractivity contribution is -0.126. The zero-order chi connectivity index (χ0) is 15.4. The first-order valence-electron chi connectivity index (χ1n) is 6.85. The van der Waals surface area contributed by atoms with Gasteiger partial charge in [0.25, 0.3) is 0 Å². The fourth-order valence-electron chi connectivity index (χ4n) is 2.01. The fourth-order valence-corrected chi connectivity index (χ4v) is 2.01. The third-order valence-electron chi connectivity index (χ3n) is 3.40. The zero-order valence-corrected chi connectivity index (χ0v) is 12.8. The van der Waals surface area contributed by atoms with Gasteiger partial charge in [-0.25, -0.2) is 9.67 Å². The van der Waals surface area contributed by atoms with Crippen LogP contribution in [0.2, 0.25) is 0 Å². The number of hydrogen-bond donors (Lipinski definition) is 0. The van der Waals surface area contributed by atoms with E-state index >= 15 is 0 Å². The van der Waals surface area contributed by atoms with Crippen molar-refractivity contribution in [3.8, 4) is 5.69 Å². The summed E-state index contributed by atoms with van der Waals surface area (Å²) < 4.78 is 1.70. The molecule has 5 nitrogen and oxygen atoms in total. The Morgan fingerprint density at radius 1 is 1.29 bits per heavy atom. The maximum atomic E-state index is 12.0. The van der Waals surface area contributed by atoms with E-state index in [0.717, 1.165) is 16.8 Å². The van der Waals surface area contributed by atoms with E-state index in [1.807, 2.05) is 52.1 Å². The average Bonchev–Trinajstić information content (AvgIpc) is 2.99. The largest absolute Gasteiger partial charge is 0.335 e. The van der Waals surface area contributed by atoms with Crippen LogP contribution in [0.5, 0.6) is 0 Å². The molecule has 0 aliphatic heterocycles. The first-order valence-corrected chi connectivity index (χ1v) is 6.85. The van der Waals surface area contributed by atoms with Gasteiger partial charge in [0.2, 0.25) is 5.91 Å². The molecule has 0 aliphatic carbocycles. The normalized spacial score (nSPS) is 11.8. The van der Waals surface area contributed by atoms with E-state index in [1.54, 1.807) is 22.0 Å². The van der Waals surface area contributed by atoms with Crippen molar-refractivity contribution in [1.29, 1.82) is 0 Å². The Morgan fingerprint density at radius 3 is 2.48 bits per heavy atom. The summed E-state index contributed by atoms with van der Waals surface area (Å²) in [6, 6.07) is 7.97. The molecule has 0 aliphatic rings. The molecule has 1 amide bonds.